The first-order chi connectivity index (χ1) is 11.0. The van der Waals surface area contributed by atoms with Gasteiger partial charge in [0, 0.05) is 6.04 Å². The highest BCUT2D eigenvalue weighted by Gasteiger charge is 2.11. The molecule has 0 atom stereocenters. The molecule has 0 radical (unpaired) electrons. The first-order valence-electron chi connectivity index (χ1n) is 7.75. The molecule has 0 unspecified atom stereocenters. The minimum Gasteiger partial charge on any atom is -0.489 e. The lowest BCUT2D eigenvalue weighted by Gasteiger charge is -2.14. The number of pyridine rings is 1. The standard InChI is InChI=1S/C18H23N3O2/c1-12(2)20-14-9-10-16(19-11-14)18(22)21-15-7-5-6-8-17(15)23-13(3)4/h5-13,20H,1-4H3,(H,21,22). The average Bonchev–Trinajstić information content (AvgIpc) is 2.49. The highest BCUT2D eigenvalue weighted by atomic mass is 16.5. The van der Waals surface area contributed by atoms with Crippen LogP contribution in [-0.2, 0) is 0 Å². The molecule has 0 aliphatic rings. The molecule has 5 nitrogen and oxygen atoms in total. The van der Waals surface area contributed by atoms with E-state index in [-0.39, 0.29) is 12.0 Å². The topological polar surface area (TPSA) is 63.2 Å². The second-order valence-corrected chi connectivity index (χ2v) is 5.85. The van der Waals surface area contributed by atoms with Gasteiger partial charge in [0.2, 0.25) is 0 Å². The third-order valence-electron chi connectivity index (χ3n) is 2.95. The van der Waals surface area contributed by atoms with Gasteiger partial charge in [0.25, 0.3) is 5.91 Å². The van der Waals surface area contributed by atoms with E-state index in [1.165, 1.54) is 0 Å². The van der Waals surface area contributed by atoms with E-state index in [0.29, 0.717) is 23.2 Å². The molecule has 2 rings (SSSR count). The first kappa shape index (κ1) is 16.8. The van der Waals surface area contributed by atoms with Crippen LogP contribution in [0.4, 0.5) is 11.4 Å². The number of nitrogens with zero attached hydrogens (tertiary/aromatic N) is 1. The zero-order valence-electron chi connectivity index (χ0n) is 14.0. The largest absolute Gasteiger partial charge is 0.489 e. The SMILES string of the molecule is CC(C)Nc1ccc(C(=O)Nc2ccccc2OC(C)C)nc1. The fraction of sp³-hybridized carbons (Fsp3) is 0.333. The number of nitrogens with one attached hydrogen (secondary N) is 2. The Morgan fingerprint density at radius 2 is 1.83 bits per heavy atom. The molecule has 1 aromatic carbocycles. The van der Waals surface area contributed by atoms with Gasteiger partial charge >= 0.3 is 0 Å². The van der Waals surface area contributed by atoms with Crippen LogP contribution in [0.15, 0.2) is 42.6 Å². The van der Waals surface area contributed by atoms with Gasteiger partial charge in [-0.05, 0) is 52.0 Å². The predicted octanol–water partition coefficient (Wildman–Crippen LogP) is 3.94. The minimum absolute atomic E-state index is 0.0348. The Morgan fingerprint density at radius 3 is 2.43 bits per heavy atom. The molecule has 0 bridgehead atoms. The first-order valence-corrected chi connectivity index (χ1v) is 7.75. The summed E-state index contributed by atoms with van der Waals surface area (Å²) in [4.78, 5) is 16.5. The van der Waals surface area contributed by atoms with Gasteiger partial charge in [-0.2, -0.15) is 0 Å². The summed E-state index contributed by atoms with van der Waals surface area (Å²) in [6, 6.07) is 11.2. The van der Waals surface area contributed by atoms with Crippen LogP contribution in [0.3, 0.4) is 0 Å². The second kappa shape index (κ2) is 7.63. The van der Waals surface area contributed by atoms with Crippen LogP contribution in [0.5, 0.6) is 5.75 Å². The van der Waals surface area contributed by atoms with Crippen LogP contribution in [0.2, 0.25) is 0 Å². The summed E-state index contributed by atoms with van der Waals surface area (Å²) in [7, 11) is 0. The van der Waals surface area contributed by atoms with E-state index in [0.717, 1.165) is 5.69 Å². The summed E-state index contributed by atoms with van der Waals surface area (Å²) in [5, 5.41) is 6.08. The van der Waals surface area contributed by atoms with Crippen LogP contribution < -0.4 is 15.4 Å². The highest BCUT2D eigenvalue weighted by Crippen LogP contribution is 2.25. The van der Waals surface area contributed by atoms with Gasteiger partial charge in [-0.15, -0.1) is 0 Å². The van der Waals surface area contributed by atoms with Gasteiger partial charge in [0.15, 0.2) is 0 Å². The number of amides is 1. The zero-order valence-corrected chi connectivity index (χ0v) is 14.0. The van der Waals surface area contributed by atoms with Crippen LogP contribution in [0.25, 0.3) is 0 Å². The number of carbonyl (C=O) groups excluding carboxylic acids is 1. The zero-order chi connectivity index (χ0) is 16.8. The Hall–Kier alpha value is -2.56. The average molecular weight is 313 g/mol. The molecule has 0 aliphatic heterocycles. The van der Waals surface area contributed by atoms with Crippen molar-refractivity contribution in [3.63, 3.8) is 0 Å². The summed E-state index contributed by atoms with van der Waals surface area (Å²) < 4.78 is 5.70. The molecule has 1 aromatic heterocycles. The Bertz CT molecular complexity index is 652. The minimum atomic E-state index is -0.263. The van der Waals surface area contributed by atoms with Gasteiger partial charge in [-0.1, -0.05) is 12.1 Å². The Morgan fingerprint density at radius 1 is 1.09 bits per heavy atom. The van der Waals surface area contributed by atoms with Crippen LogP contribution in [-0.4, -0.2) is 23.0 Å². The number of carbonyl (C=O) groups is 1. The maximum atomic E-state index is 12.3. The number of benzene rings is 1. The van der Waals surface area contributed by atoms with Gasteiger partial charge in [0.05, 0.1) is 23.7 Å². The van der Waals surface area contributed by atoms with Crippen molar-refractivity contribution in [1.29, 1.82) is 0 Å². The lowest BCUT2D eigenvalue weighted by molar-refractivity contribution is 0.102. The molecule has 0 spiro atoms. The summed E-state index contributed by atoms with van der Waals surface area (Å²) in [5.74, 6) is 0.384. The Labute approximate surface area is 137 Å². The Balaban J connectivity index is 2.10. The monoisotopic (exact) mass is 313 g/mol. The van der Waals surface area contributed by atoms with Gasteiger partial charge in [-0.25, -0.2) is 4.98 Å². The number of anilines is 2. The van der Waals surface area contributed by atoms with Gasteiger partial charge < -0.3 is 15.4 Å². The molecule has 0 fully saturated rings. The van der Waals surface area contributed by atoms with Crippen molar-refractivity contribution in [2.24, 2.45) is 0 Å². The van der Waals surface area contributed by atoms with E-state index in [1.54, 1.807) is 12.3 Å². The fourth-order valence-corrected chi connectivity index (χ4v) is 2.06. The highest BCUT2D eigenvalue weighted by molar-refractivity contribution is 6.03. The van der Waals surface area contributed by atoms with Crippen molar-refractivity contribution >= 4 is 17.3 Å². The van der Waals surface area contributed by atoms with Crippen molar-refractivity contribution in [2.75, 3.05) is 10.6 Å². The molecular weight excluding hydrogens is 290 g/mol. The number of hydrogen-bond acceptors (Lipinski definition) is 4. The fourth-order valence-electron chi connectivity index (χ4n) is 2.06. The molecule has 0 saturated carbocycles. The number of aromatic nitrogens is 1. The normalized spacial score (nSPS) is 10.7. The van der Waals surface area contributed by atoms with Crippen molar-refractivity contribution < 1.29 is 9.53 Å². The number of ether oxygens (including phenoxy) is 1. The third-order valence-corrected chi connectivity index (χ3v) is 2.95. The van der Waals surface area contributed by atoms with E-state index >= 15 is 0 Å². The lowest BCUT2D eigenvalue weighted by atomic mass is 10.2. The summed E-state index contributed by atoms with van der Waals surface area (Å²) in [5.41, 5.74) is 1.89. The van der Waals surface area contributed by atoms with Crippen molar-refractivity contribution in [2.45, 2.75) is 39.8 Å². The molecule has 0 saturated heterocycles. The summed E-state index contributed by atoms with van der Waals surface area (Å²) >= 11 is 0. The molecular formula is C18H23N3O2. The lowest BCUT2D eigenvalue weighted by Crippen LogP contribution is -2.16. The van der Waals surface area contributed by atoms with Crippen molar-refractivity contribution in [3.05, 3.63) is 48.3 Å². The van der Waals surface area contributed by atoms with E-state index in [2.05, 4.69) is 15.6 Å². The van der Waals surface area contributed by atoms with E-state index < -0.39 is 0 Å². The number of hydrogen-bond donors (Lipinski definition) is 2. The van der Waals surface area contributed by atoms with E-state index in [1.807, 2.05) is 58.0 Å². The molecule has 1 amide bonds. The molecule has 0 aliphatic carbocycles. The number of rotatable bonds is 6. The Kier molecular flexibility index (Phi) is 5.57. The molecule has 2 aromatic rings. The smallest absolute Gasteiger partial charge is 0.274 e. The summed E-state index contributed by atoms with van der Waals surface area (Å²) in [6.45, 7) is 7.99. The van der Waals surface area contributed by atoms with Crippen molar-refractivity contribution in [1.82, 2.24) is 4.98 Å². The van der Waals surface area contributed by atoms with Crippen LogP contribution in [0.1, 0.15) is 38.2 Å². The van der Waals surface area contributed by atoms with E-state index in [4.69, 9.17) is 4.74 Å². The maximum absolute atomic E-state index is 12.3. The predicted molar refractivity (Wildman–Crippen MR) is 93.2 cm³/mol. The van der Waals surface area contributed by atoms with Gasteiger partial charge in [0.1, 0.15) is 11.4 Å². The summed E-state index contributed by atoms with van der Waals surface area (Å²) in [6.07, 6.45) is 1.69. The van der Waals surface area contributed by atoms with Crippen molar-refractivity contribution in [3.8, 4) is 5.75 Å². The van der Waals surface area contributed by atoms with Crippen LogP contribution in [0, 0.1) is 0 Å². The quantitative estimate of drug-likeness (QED) is 0.848. The second-order valence-electron chi connectivity index (χ2n) is 5.85. The van der Waals surface area contributed by atoms with E-state index in [9.17, 15) is 4.79 Å². The molecule has 2 N–H and O–H groups in total. The third kappa shape index (κ3) is 4.98. The molecule has 23 heavy (non-hydrogen) atoms. The molecule has 5 heteroatoms. The maximum Gasteiger partial charge on any atom is 0.274 e. The molecule has 122 valence electrons. The number of para-hydroxylation sites is 2. The van der Waals surface area contributed by atoms with Crippen LogP contribution >= 0.6 is 0 Å². The molecule has 1 heterocycles. The van der Waals surface area contributed by atoms with Gasteiger partial charge in [-0.3, -0.25) is 4.79 Å².